The summed E-state index contributed by atoms with van der Waals surface area (Å²) in [6.07, 6.45) is -4.50. The largest absolute Gasteiger partial charge is 0.427 e. The molecule has 0 amide bonds. The van der Waals surface area contributed by atoms with Gasteiger partial charge in [0.05, 0.1) is 6.26 Å². The summed E-state index contributed by atoms with van der Waals surface area (Å²) in [7, 11) is -3.33. The predicted octanol–water partition coefficient (Wildman–Crippen LogP) is 5.20. The van der Waals surface area contributed by atoms with Gasteiger partial charge in [0.15, 0.2) is 0 Å². The molecule has 1 saturated heterocycles. The first-order valence-electron chi connectivity index (χ1n) is 11.4. The molecular formula is C24H25ClF6N2O3S. The fourth-order valence-electron chi connectivity index (χ4n) is 4.90. The maximum Gasteiger partial charge on any atom is 0.427 e. The molecule has 1 unspecified atom stereocenters. The van der Waals surface area contributed by atoms with Gasteiger partial charge in [-0.2, -0.15) is 26.3 Å². The van der Waals surface area contributed by atoms with Gasteiger partial charge < -0.3 is 5.11 Å². The second kappa shape index (κ2) is 9.11. The number of alkyl halides is 5. The Hall–Kier alpha value is -1.86. The molecule has 0 saturated carbocycles. The molecule has 2 aromatic carbocycles. The highest BCUT2D eigenvalue weighted by molar-refractivity contribution is 7.88. The first-order valence-corrected chi connectivity index (χ1v) is 13.6. The molecule has 4 rings (SSSR count). The Labute approximate surface area is 215 Å². The van der Waals surface area contributed by atoms with Gasteiger partial charge in [0, 0.05) is 60.0 Å². The van der Waals surface area contributed by atoms with Gasteiger partial charge in [0.2, 0.25) is 10.0 Å². The van der Waals surface area contributed by atoms with Gasteiger partial charge >= 0.3 is 12.1 Å². The highest BCUT2D eigenvalue weighted by Crippen LogP contribution is 2.64. The van der Waals surface area contributed by atoms with Crippen molar-refractivity contribution in [1.29, 1.82) is 0 Å². The van der Waals surface area contributed by atoms with Crippen LogP contribution in [-0.4, -0.2) is 61.3 Å². The molecule has 0 radical (unpaired) electrons. The van der Waals surface area contributed by atoms with Crippen molar-refractivity contribution >= 4 is 21.6 Å². The van der Waals surface area contributed by atoms with Crippen LogP contribution in [0.1, 0.15) is 42.0 Å². The van der Waals surface area contributed by atoms with E-state index in [9.17, 15) is 35.5 Å². The van der Waals surface area contributed by atoms with Crippen molar-refractivity contribution in [3.63, 3.8) is 0 Å². The van der Waals surface area contributed by atoms with E-state index in [4.69, 9.17) is 11.6 Å². The SMILES string of the molecule is CC(C)c1cc(CN2CCN(S(C)(=O)=O)CC2)c(F)cc1-c1cc2c(cc1Cl)C(O)(C(F)(F)F)C2(F)F. The second-order valence-corrected chi connectivity index (χ2v) is 12.2. The van der Waals surface area contributed by atoms with Gasteiger partial charge in [-0.1, -0.05) is 31.5 Å². The summed E-state index contributed by atoms with van der Waals surface area (Å²) in [6.45, 7) is 5.06. The average Bonchev–Trinajstić information content (AvgIpc) is 2.78. The molecule has 0 spiro atoms. The Morgan fingerprint density at radius 3 is 2.14 bits per heavy atom. The van der Waals surface area contributed by atoms with Gasteiger partial charge in [-0.3, -0.25) is 4.90 Å². The molecule has 1 aliphatic carbocycles. The van der Waals surface area contributed by atoms with Crippen molar-refractivity contribution in [2.24, 2.45) is 0 Å². The van der Waals surface area contributed by atoms with Crippen LogP contribution in [0.25, 0.3) is 11.1 Å². The van der Waals surface area contributed by atoms with Crippen LogP contribution in [-0.2, 0) is 28.1 Å². The van der Waals surface area contributed by atoms with E-state index in [1.807, 2.05) is 4.90 Å². The van der Waals surface area contributed by atoms with Crippen molar-refractivity contribution in [2.75, 3.05) is 32.4 Å². The smallest absolute Gasteiger partial charge is 0.371 e. The number of fused-ring (bicyclic) bond motifs is 1. The van der Waals surface area contributed by atoms with Crippen molar-refractivity contribution in [1.82, 2.24) is 9.21 Å². The fraction of sp³-hybridized carbons (Fsp3) is 0.500. The maximum absolute atomic E-state index is 15.2. The van der Waals surface area contributed by atoms with Crippen LogP contribution < -0.4 is 0 Å². The van der Waals surface area contributed by atoms with Crippen LogP contribution in [0, 0.1) is 5.82 Å². The van der Waals surface area contributed by atoms with Gasteiger partial charge in [-0.25, -0.2) is 12.8 Å². The van der Waals surface area contributed by atoms with E-state index < -0.39 is 44.7 Å². The quantitative estimate of drug-likeness (QED) is 0.502. The van der Waals surface area contributed by atoms with Crippen LogP contribution >= 0.6 is 11.6 Å². The lowest BCUT2D eigenvalue weighted by Crippen LogP contribution is -2.62. The Kier molecular flexibility index (Phi) is 6.94. The zero-order chi connectivity index (χ0) is 27.7. The number of sulfonamides is 1. The number of hydrogen-bond donors (Lipinski definition) is 1. The zero-order valence-electron chi connectivity index (χ0n) is 20.1. The minimum Gasteiger partial charge on any atom is -0.371 e. The molecule has 37 heavy (non-hydrogen) atoms. The van der Waals surface area contributed by atoms with Crippen LogP contribution in [0.2, 0.25) is 5.02 Å². The predicted molar refractivity (Wildman–Crippen MR) is 126 cm³/mol. The molecule has 2 aromatic rings. The Balaban J connectivity index is 1.70. The normalized spacial score (nSPS) is 22.7. The number of hydrogen-bond acceptors (Lipinski definition) is 4. The molecule has 1 fully saturated rings. The minimum atomic E-state index is -5.63. The van der Waals surface area contributed by atoms with Crippen molar-refractivity contribution in [2.45, 2.75) is 44.0 Å². The third-order valence-electron chi connectivity index (χ3n) is 7.02. The molecule has 0 bridgehead atoms. The summed E-state index contributed by atoms with van der Waals surface area (Å²) >= 11 is 6.21. The number of benzene rings is 2. The lowest BCUT2D eigenvalue weighted by Gasteiger charge is -2.47. The maximum atomic E-state index is 15.2. The summed E-state index contributed by atoms with van der Waals surface area (Å²) in [6, 6.07) is 4.13. The summed E-state index contributed by atoms with van der Waals surface area (Å²) in [5.41, 5.74) is -5.47. The lowest BCUT2D eigenvalue weighted by atomic mass is 9.68. The van der Waals surface area contributed by atoms with Gasteiger partial charge in [0.25, 0.3) is 5.60 Å². The number of piperazine rings is 1. The van der Waals surface area contributed by atoms with E-state index in [0.717, 1.165) is 18.4 Å². The van der Waals surface area contributed by atoms with E-state index in [-0.39, 0.29) is 41.7 Å². The van der Waals surface area contributed by atoms with Crippen LogP contribution in [0.3, 0.4) is 0 Å². The second-order valence-electron chi connectivity index (χ2n) is 9.78. The van der Waals surface area contributed by atoms with Crippen molar-refractivity contribution in [3.05, 3.63) is 57.4 Å². The number of rotatable bonds is 5. The standard InChI is InChI=1S/C24H25ClF6N2O3S/c1-13(2)15-8-14(12-32-4-6-33(7-5-32)37(3,35)36)21(26)10-16(15)17-9-19-18(11-20(17)25)22(34,23(19,27)28)24(29,30)31/h8-11,13,34H,4-7,12H2,1-3H3. The van der Waals surface area contributed by atoms with Gasteiger partial charge in [-0.05, 0) is 35.2 Å². The molecule has 1 atom stereocenters. The Bertz CT molecular complexity index is 1340. The minimum absolute atomic E-state index is 0.0692. The van der Waals surface area contributed by atoms with E-state index in [1.165, 1.54) is 4.31 Å². The highest BCUT2D eigenvalue weighted by Gasteiger charge is 2.78. The summed E-state index contributed by atoms with van der Waals surface area (Å²) in [5, 5.41) is 9.49. The van der Waals surface area contributed by atoms with Crippen LogP contribution in [0.4, 0.5) is 26.3 Å². The first-order chi connectivity index (χ1) is 16.9. The van der Waals surface area contributed by atoms with E-state index in [2.05, 4.69) is 0 Å². The van der Waals surface area contributed by atoms with Gasteiger partial charge in [0.1, 0.15) is 5.82 Å². The van der Waals surface area contributed by atoms with Crippen molar-refractivity contribution in [3.8, 4) is 11.1 Å². The van der Waals surface area contributed by atoms with Gasteiger partial charge in [-0.15, -0.1) is 0 Å². The Morgan fingerprint density at radius 1 is 1.03 bits per heavy atom. The van der Waals surface area contributed by atoms with Crippen LogP contribution in [0.5, 0.6) is 0 Å². The molecule has 204 valence electrons. The average molecular weight is 571 g/mol. The summed E-state index contributed by atoms with van der Waals surface area (Å²) in [4.78, 5) is 1.89. The molecule has 2 aliphatic rings. The monoisotopic (exact) mass is 570 g/mol. The van der Waals surface area contributed by atoms with E-state index in [1.54, 1.807) is 19.9 Å². The van der Waals surface area contributed by atoms with E-state index >= 15 is 4.39 Å². The summed E-state index contributed by atoms with van der Waals surface area (Å²) in [5.74, 6) is -5.50. The first kappa shape index (κ1) is 28.2. The number of aliphatic hydroxyl groups is 1. The lowest BCUT2D eigenvalue weighted by molar-refractivity contribution is -0.364. The fourth-order valence-corrected chi connectivity index (χ4v) is 5.99. The third-order valence-corrected chi connectivity index (χ3v) is 8.64. The molecule has 1 aliphatic heterocycles. The number of nitrogens with zero attached hydrogens (tertiary/aromatic N) is 2. The molecule has 0 aromatic heterocycles. The molecular weight excluding hydrogens is 546 g/mol. The number of halogens is 7. The molecule has 1 heterocycles. The summed E-state index contributed by atoms with van der Waals surface area (Å²) < 4.78 is 109. The van der Waals surface area contributed by atoms with Crippen LogP contribution in [0.15, 0.2) is 24.3 Å². The highest BCUT2D eigenvalue weighted by atomic mass is 35.5. The third kappa shape index (κ3) is 4.54. The zero-order valence-corrected chi connectivity index (χ0v) is 21.7. The van der Waals surface area contributed by atoms with E-state index in [0.29, 0.717) is 30.3 Å². The molecule has 1 N–H and O–H groups in total. The van der Waals surface area contributed by atoms with Crippen molar-refractivity contribution < 1.29 is 39.9 Å². The topological polar surface area (TPSA) is 60.9 Å². The molecule has 13 heteroatoms. The Morgan fingerprint density at radius 2 is 1.62 bits per heavy atom. The molecule has 5 nitrogen and oxygen atoms in total.